The minimum atomic E-state index is 0.754. The number of aldehydes is 1. The average molecular weight is 181 g/mol. The largest absolute Gasteiger partial charge is 0.297 e. The predicted molar refractivity (Wildman–Crippen MR) is 48.5 cm³/mol. The van der Waals surface area contributed by atoms with Crippen LogP contribution < -0.4 is 0 Å². The van der Waals surface area contributed by atoms with Crippen molar-refractivity contribution in [3.8, 4) is 0 Å². The molecule has 1 aromatic heterocycles. The topological polar surface area (TPSA) is 30.0 Å². The van der Waals surface area contributed by atoms with E-state index in [0.29, 0.717) is 0 Å². The fourth-order valence-electron chi connectivity index (χ4n) is 1.42. The Balaban J connectivity index is 1.97. The Kier molecular flexibility index (Phi) is 2.21. The van der Waals surface area contributed by atoms with E-state index in [2.05, 4.69) is 4.98 Å². The maximum Gasteiger partial charge on any atom is 0.161 e. The van der Waals surface area contributed by atoms with Gasteiger partial charge in [-0.15, -0.1) is 11.3 Å². The van der Waals surface area contributed by atoms with Crippen molar-refractivity contribution in [2.24, 2.45) is 5.92 Å². The molecule has 2 nitrogen and oxygen atoms in total. The maximum absolute atomic E-state index is 10.4. The Bertz CT molecular complexity index is 278. The molecule has 1 aliphatic carbocycles. The molecule has 0 amide bonds. The number of carbonyl (C=O) groups excluding carboxylic acids is 1. The summed E-state index contributed by atoms with van der Waals surface area (Å²) in [5.41, 5.74) is 0. The Labute approximate surface area is 75.6 Å². The van der Waals surface area contributed by atoms with Crippen molar-refractivity contribution in [3.63, 3.8) is 0 Å². The van der Waals surface area contributed by atoms with E-state index in [-0.39, 0.29) is 0 Å². The highest BCUT2D eigenvalue weighted by Crippen LogP contribution is 2.30. The summed E-state index contributed by atoms with van der Waals surface area (Å²) in [7, 11) is 0. The highest BCUT2D eigenvalue weighted by atomic mass is 32.1. The summed E-state index contributed by atoms with van der Waals surface area (Å²) in [5.74, 6) is 0.843. The first-order chi connectivity index (χ1) is 5.88. The van der Waals surface area contributed by atoms with E-state index in [9.17, 15) is 4.79 Å². The molecular weight excluding hydrogens is 170 g/mol. The SMILES string of the molecule is O=Cc1cnc(CC2CCC2)s1. The molecule has 1 heterocycles. The monoisotopic (exact) mass is 181 g/mol. The van der Waals surface area contributed by atoms with Crippen LogP contribution in [-0.2, 0) is 6.42 Å². The number of hydrogen-bond acceptors (Lipinski definition) is 3. The first-order valence-corrected chi connectivity index (χ1v) is 5.10. The molecule has 0 aliphatic heterocycles. The van der Waals surface area contributed by atoms with Gasteiger partial charge in [0, 0.05) is 12.6 Å². The summed E-state index contributed by atoms with van der Waals surface area (Å²) in [4.78, 5) is 15.3. The Hall–Kier alpha value is -0.700. The summed E-state index contributed by atoms with van der Waals surface area (Å²) >= 11 is 1.53. The average Bonchev–Trinajstić information content (AvgIpc) is 2.44. The highest BCUT2D eigenvalue weighted by Gasteiger charge is 2.18. The molecule has 0 bridgehead atoms. The van der Waals surface area contributed by atoms with Crippen LogP contribution in [0.15, 0.2) is 6.20 Å². The second-order valence-electron chi connectivity index (χ2n) is 3.28. The van der Waals surface area contributed by atoms with Crippen molar-refractivity contribution in [1.29, 1.82) is 0 Å². The Morgan fingerprint density at radius 1 is 1.67 bits per heavy atom. The van der Waals surface area contributed by atoms with E-state index >= 15 is 0 Å². The standard InChI is InChI=1S/C9H11NOS/c11-6-8-5-10-9(12-8)4-7-2-1-3-7/h5-7H,1-4H2. The van der Waals surface area contributed by atoms with Gasteiger partial charge in [0.15, 0.2) is 6.29 Å². The van der Waals surface area contributed by atoms with Gasteiger partial charge >= 0.3 is 0 Å². The molecule has 1 saturated carbocycles. The van der Waals surface area contributed by atoms with E-state index in [0.717, 1.165) is 28.5 Å². The molecule has 1 fully saturated rings. The summed E-state index contributed by atoms with van der Waals surface area (Å²) in [6, 6.07) is 0. The lowest BCUT2D eigenvalue weighted by molar-refractivity contribution is 0.112. The van der Waals surface area contributed by atoms with Crippen molar-refractivity contribution in [1.82, 2.24) is 4.98 Å². The zero-order chi connectivity index (χ0) is 8.39. The first-order valence-electron chi connectivity index (χ1n) is 4.28. The van der Waals surface area contributed by atoms with Gasteiger partial charge in [-0.2, -0.15) is 0 Å². The van der Waals surface area contributed by atoms with Gasteiger partial charge in [0.25, 0.3) is 0 Å². The molecule has 1 aromatic rings. The van der Waals surface area contributed by atoms with Gasteiger partial charge in [-0.1, -0.05) is 19.3 Å². The molecule has 0 atom stereocenters. The number of carbonyl (C=O) groups is 1. The van der Waals surface area contributed by atoms with E-state index in [1.165, 1.54) is 30.6 Å². The fraction of sp³-hybridized carbons (Fsp3) is 0.556. The lowest BCUT2D eigenvalue weighted by Gasteiger charge is -2.23. The van der Waals surface area contributed by atoms with Crippen LogP contribution in [0.4, 0.5) is 0 Å². The van der Waals surface area contributed by atoms with Crippen LogP contribution >= 0.6 is 11.3 Å². The third-order valence-electron chi connectivity index (χ3n) is 2.38. The van der Waals surface area contributed by atoms with Crippen LogP contribution in [0, 0.1) is 5.92 Å². The van der Waals surface area contributed by atoms with Crippen LogP contribution in [0.1, 0.15) is 33.9 Å². The molecule has 64 valence electrons. The molecule has 0 spiro atoms. The van der Waals surface area contributed by atoms with Gasteiger partial charge in [-0.05, 0) is 5.92 Å². The van der Waals surface area contributed by atoms with E-state index in [1.54, 1.807) is 6.20 Å². The molecule has 0 radical (unpaired) electrons. The quantitative estimate of drug-likeness (QED) is 0.670. The third-order valence-corrected chi connectivity index (χ3v) is 3.32. The molecular formula is C9H11NOS. The number of thiazole rings is 1. The fourth-order valence-corrected chi connectivity index (χ4v) is 2.27. The molecule has 2 rings (SSSR count). The van der Waals surface area contributed by atoms with E-state index in [4.69, 9.17) is 0 Å². The third kappa shape index (κ3) is 1.55. The number of rotatable bonds is 3. The number of nitrogens with zero attached hydrogens (tertiary/aromatic N) is 1. The van der Waals surface area contributed by atoms with Crippen molar-refractivity contribution >= 4 is 17.6 Å². The van der Waals surface area contributed by atoms with Crippen molar-refractivity contribution < 1.29 is 4.79 Å². The van der Waals surface area contributed by atoms with E-state index in [1.807, 2.05) is 0 Å². The summed E-state index contributed by atoms with van der Waals surface area (Å²) in [6.07, 6.45) is 7.69. The molecule has 0 aromatic carbocycles. The van der Waals surface area contributed by atoms with Gasteiger partial charge in [0.05, 0.1) is 9.88 Å². The smallest absolute Gasteiger partial charge is 0.161 e. The van der Waals surface area contributed by atoms with Crippen LogP contribution in [0.5, 0.6) is 0 Å². The molecule has 0 N–H and O–H groups in total. The van der Waals surface area contributed by atoms with Crippen LogP contribution in [0.3, 0.4) is 0 Å². The lowest BCUT2D eigenvalue weighted by atomic mass is 9.83. The van der Waals surface area contributed by atoms with Gasteiger partial charge < -0.3 is 0 Å². The molecule has 3 heteroatoms. The van der Waals surface area contributed by atoms with Crippen molar-refractivity contribution in [2.45, 2.75) is 25.7 Å². The number of aromatic nitrogens is 1. The molecule has 0 saturated heterocycles. The molecule has 0 unspecified atom stereocenters. The zero-order valence-corrected chi connectivity index (χ0v) is 7.64. The summed E-state index contributed by atoms with van der Waals surface area (Å²) < 4.78 is 0. The Morgan fingerprint density at radius 3 is 3.00 bits per heavy atom. The summed E-state index contributed by atoms with van der Waals surface area (Å²) in [6.45, 7) is 0. The van der Waals surface area contributed by atoms with Gasteiger partial charge in [-0.25, -0.2) is 4.98 Å². The predicted octanol–water partition coefficient (Wildman–Crippen LogP) is 2.30. The summed E-state index contributed by atoms with van der Waals surface area (Å²) in [5, 5.41) is 1.13. The minimum Gasteiger partial charge on any atom is -0.297 e. The van der Waals surface area contributed by atoms with Gasteiger partial charge in [0.2, 0.25) is 0 Å². The van der Waals surface area contributed by atoms with Gasteiger partial charge in [0.1, 0.15) is 0 Å². The highest BCUT2D eigenvalue weighted by molar-refractivity contribution is 7.13. The maximum atomic E-state index is 10.4. The molecule has 12 heavy (non-hydrogen) atoms. The zero-order valence-electron chi connectivity index (χ0n) is 6.82. The Morgan fingerprint density at radius 2 is 2.50 bits per heavy atom. The van der Waals surface area contributed by atoms with Gasteiger partial charge in [-0.3, -0.25) is 4.79 Å². The van der Waals surface area contributed by atoms with Crippen LogP contribution in [0.25, 0.3) is 0 Å². The van der Waals surface area contributed by atoms with Crippen molar-refractivity contribution in [3.05, 3.63) is 16.1 Å². The normalized spacial score (nSPS) is 17.3. The number of hydrogen-bond donors (Lipinski definition) is 0. The van der Waals surface area contributed by atoms with Crippen LogP contribution in [0.2, 0.25) is 0 Å². The van der Waals surface area contributed by atoms with Crippen molar-refractivity contribution in [2.75, 3.05) is 0 Å². The molecule has 1 aliphatic rings. The first kappa shape index (κ1) is 7.92. The lowest BCUT2D eigenvalue weighted by Crippen LogP contribution is -2.13. The second kappa shape index (κ2) is 3.35. The minimum absolute atomic E-state index is 0.754. The second-order valence-corrected chi connectivity index (χ2v) is 4.42. The van der Waals surface area contributed by atoms with E-state index < -0.39 is 0 Å². The van der Waals surface area contributed by atoms with Crippen LogP contribution in [-0.4, -0.2) is 11.3 Å².